The number of hydrogen-bond acceptors (Lipinski definition) is 4. The van der Waals surface area contributed by atoms with E-state index in [0.29, 0.717) is 36.7 Å². The molecule has 0 aliphatic heterocycles. The zero-order chi connectivity index (χ0) is 20.8. The maximum Gasteiger partial charge on any atom is 0.263 e. The molecule has 2 rings (SSSR count). The summed E-state index contributed by atoms with van der Waals surface area (Å²) in [7, 11) is 0. The molecule has 0 bridgehead atoms. The number of ether oxygens (including phenoxy) is 1. The van der Waals surface area contributed by atoms with Gasteiger partial charge in [0.2, 0.25) is 5.43 Å². The van der Waals surface area contributed by atoms with Crippen LogP contribution in [0.2, 0.25) is 0 Å². The summed E-state index contributed by atoms with van der Waals surface area (Å²) >= 11 is 3.52. The van der Waals surface area contributed by atoms with Crippen LogP contribution in [0, 0.1) is 13.8 Å². The van der Waals surface area contributed by atoms with E-state index in [4.69, 9.17) is 9.15 Å². The number of amides is 1. The number of halogens is 1. The number of hydrogen-bond donors (Lipinski definition) is 1. The van der Waals surface area contributed by atoms with Crippen LogP contribution in [0.5, 0.6) is 0 Å². The Kier molecular flexibility index (Phi) is 8.01. The molecule has 2 aromatic rings. The van der Waals surface area contributed by atoms with Gasteiger partial charge in [0, 0.05) is 28.8 Å². The third-order valence-electron chi connectivity index (χ3n) is 4.82. The minimum Gasteiger partial charge on any atom is -0.465 e. The normalized spacial score (nSPS) is 10.9. The van der Waals surface area contributed by atoms with Gasteiger partial charge in [-0.05, 0) is 56.9 Å². The molecule has 0 unspecified atom stereocenters. The van der Waals surface area contributed by atoms with Crippen LogP contribution < -0.4 is 10.7 Å². The van der Waals surface area contributed by atoms with Gasteiger partial charge in [-0.15, -0.1) is 0 Å². The molecule has 6 heteroatoms. The predicted molar refractivity (Wildman–Crippen MR) is 116 cm³/mol. The van der Waals surface area contributed by atoms with Crippen molar-refractivity contribution < 1.29 is 13.9 Å². The van der Waals surface area contributed by atoms with Crippen molar-refractivity contribution in [3.63, 3.8) is 0 Å². The smallest absolute Gasteiger partial charge is 0.263 e. The first kappa shape index (κ1) is 22.4. The second-order valence-corrected chi connectivity index (χ2v) is 7.53. The molecule has 1 amide bonds. The Morgan fingerprint density at radius 1 is 1.14 bits per heavy atom. The number of aryl methyl sites for hydroxylation is 3. The number of carbonyl (C=O) groups excluding carboxylic acids is 1. The number of carbonyl (C=O) groups is 1. The molecule has 0 saturated heterocycles. The van der Waals surface area contributed by atoms with Crippen LogP contribution in [-0.2, 0) is 24.0 Å². The summed E-state index contributed by atoms with van der Waals surface area (Å²) < 4.78 is 12.2. The largest absolute Gasteiger partial charge is 0.465 e. The van der Waals surface area contributed by atoms with Gasteiger partial charge in [0.25, 0.3) is 5.91 Å². The van der Waals surface area contributed by atoms with E-state index in [1.807, 2.05) is 32.9 Å². The summed E-state index contributed by atoms with van der Waals surface area (Å²) in [4.78, 5) is 26.0. The van der Waals surface area contributed by atoms with E-state index in [9.17, 15) is 9.59 Å². The highest BCUT2D eigenvalue weighted by Crippen LogP contribution is 2.28. The van der Waals surface area contributed by atoms with Crippen molar-refractivity contribution in [2.45, 2.75) is 53.9 Å². The summed E-state index contributed by atoms with van der Waals surface area (Å²) in [6, 6.07) is 3.99. The summed E-state index contributed by atoms with van der Waals surface area (Å²) in [5.74, 6) is 0.461. The summed E-state index contributed by atoms with van der Waals surface area (Å²) in [5.41, 5.74) is 3.03. The highest BCUT2D eigenvalue weighted by atomic mass is 79.9. The van der Waals surface area contributed by atoms with E-state index < -0.39 is 5.91 Å². The molecule has 0 fully saturated rings. The fourth-order valence-corrected chi connectivity index (χ4v) is 3.67. The highest BCUT2D eigenvalue weighted by molar-refractivity contribution is 9.10. The molecular weight excluding hydrogens is 422 g/mol. The fraction of sp³-hybridized carbons (Fsp3) is 0.455. The third-order valence-corrected chi connectivity index (χ3v) is 5.28. The van der Waals surface area contributed by atoms with Crippen molar-refractivity contribution in [1.82, 2.24) is 0 Å². The Labute approximate surface area is 174 Å². The van der Waals surface area contributed by atoms with Crippen LogP contribution in [0.4, 0.5) is 5.69 Å². The molecule has 0 radical (unpaired) electrons. The Hall–Kier alpha value is -1.92. The maximum absolute atomic E-state index is 13.1. The van der Waals surface area contributed by atoms with Gasteiger partial charge in [0.05, 0.1) is 6.61 Å². The van der Waals surface area contributed by atoms with Gasteiger partial charge in [-0.25, -0.2) is 0 Å². The molecule has 1 aromatic carbocycles. The molecule has 1 heterocycles. The summed E-state index contributed by atoms with van der Waals surface area (Å²) in [6.07, 6.45) is 1.90. The average Bonchev–Trinajstić information content (AvgIpc) is 2.67. The van der Waals surface area contributed by atoms with Crippen molar-refractivity contribution in [3.05, 3.63) is 60.6 Å². The van der Waals surface area contributed by atoms with Crippen LogP contribution in [0.1, 0.15) is 59.3 Å². The number of benzene rings is 1. The van der Waals surface area contributed by atoms with Crippen molar-refractivity contribution in [2.24, 2.45) is 0 Å². The number of nitrogens with one attached hydrogen (secondary N) is 1. The minimum absolute atomic E-state index is 0.0647. The lowest BCUT2D eigenvalue weighted by Crippen LogP contribution is -2.27. The molecule has 0 aliphatic rings. The fourth-order valence-electron chi connectivity index (χ4n) is 3.12. The topological polar surface area (TPSA) is 68.5 Å². The molecule has 0 aliphatic carbocycles. The summed E-state index contributed by atoms with van der Waals surface area (Å²) in [6.45, 7) is 10.3. The van der Waals surface area contributed by atoms with Gasteiger partial charge in [-0.3, -0.25) is 9.59 Å². The lowest BCUT2D eigenvalue weighted by Gasteiger charge is -2.17. The van der Waals surface area contributed by atoms with Gasteiger partial charge in [-0.2, -0.15) is 0 Å². The van der Waals surface area contributed by atoms with Crippen LogP contribution >= 0.6 is 15.9 Å². The molecular formula is C22H28BrNO4. The molecule has 1 N–H and O–H groups in total. The van der Waals surface area contributed by atoms with Gasteiger partial charge in [0.15, 0.2) is 0 Å². The van der Waals surface area contributed by atoms with Crippen molar-refractivity contribution in [2.75, 3.05) is 18.5 Å². The van der Waals surface area contributed by atoms with Crippen LogP contribution in [-0.4, -0.2) is 19.1 Å². The zero-order valence-corrected chi connectivity index (χ0v) is 18.8. The first-order valence-corrected chi connectivity index (χ1v) is 10.5. The monoisotopic (exact) mass is 449 g/mol. The van der Waals surface area contributed by atoms with Crippen LogP contribution in [0.15, 0.2) is 25.8 Å². The molecule has 28 heavy (non-hydrogen) atoms. The van der Waals surface area contributed by atoms with E-state index in [1.165, 1.54) is 0 Å². The second kappa shape index (κ2) is 10.0. The highest BCUT2D eigenvalue weighted by Gasteiger charge is 2.23. The Morgan fingerprint density at radius 3 is 2.29 bits per heavy atom. The average molecular weight is 450 g/mol. The van der Waals surface area contributed by atoms with Crippen molar-refractivity contribution in [3.8, 4) is 0 Å². The second-order valence-electron chi connectivity index (χ2n) is 6.62. The maximum atomic E-state index is 13.1. The minimum atomic E-state index is -0.435. The molecule has 0 spiro atoms. The quantitative estimate of drug-likeness (QED) is 0.577. The lowest BCUT2D eigenvalue weighted by molar-refractivity contribution is 0.101. The number of anilines is 1. The van der Waals surface area contributed by atoms with E-state index in [0.717, 1.165) is 34.1 Å². The number of rotatable bonds is 8. The standard InChI is InChI=1S/C22H28BrNO4/c1-6-15-11-17(23)12-16(7-2)20(15)24-22(26)19-18(9-10-27-8-3)28-14(5)13(4)21(19)25/h11-12H,6-10H2,1-5H3,(H,24,26). The van der Waals surface area contributed by atoms with Crippen LogP contribution in [0.3, 0.4) is 0 Å². The van der Waals surface area contributed by atoms with E-state index >= 15 is 0 Å². The summed E-state index contributed by atoms with van der Waals surface area (Å²) in [5, 5.41) is 2.98. The Balaban J connectivity index is 2.50. The van der Waals surface area contributed by atoms with Gasteiger partial charge < -0.3 is 14.5 Å². The van der Waals surface area contributed by atoms with E-state index in [-0.39, 0.29) is 11.0 Å². The molecule has 152 valence electrons. The predicted octanol–water partition coefficient (Wildman–Crippen LogP) is 4.98. The van der Waals surface area contributed by atoms with Gasteiger partial charge >= 0.3 is 0 Å². The molecule has 1 aromatic heterocycles. The van der Waals surface area contributed by atoms with E-state index in [1.54, 1.807) is 13.8 Å². The van der Waals surface area contributed by atoms with Gasteiger partial charge in [0.1, 0.15) is 17.1 Å². The molecule has 5 nitrogen and oxygen atoms in total. The SMILES string of the molecule is CCOCCc1oc(C)c(C)c(=O)c1C(=O)Nc1c(CC)cc(Br)cc1CC. The lowest BCUT2D eigenvalue weighted by atomic mass is 10.0. The third kappa shape index (κ3) is 4.92. The Morgan fingerprint density at radius 2 is 1.75 bits per heavy atom. The molecule has 0 saturated carbocycles. The molecule has 0 atom stereocenters. The zero-order valence-electron chi connectivity index (χ0n) is 17.2. The first-order chi connectivity index (χ1) is 13.3. The van der Waals surface area contributed by atoms with Gasteiger partial charge in [-0.1, -0.05) is 29.8 Å². The van der Waals surface area contributed by atoms with Crippen molar-refractivity contribution >= 4 is 27.5 Å². The first-order valence-electron chi connectivity index (χ1n) is 9.67. The van der Waals surface area contributed by atoms with E-state index in [2.05, 4.69) is 21.2 Å². The Bertz CT molecular complexity index is 892. The van der Waals surface area contributed by atoms with Crippen molar-refractivity contribution in [1.29, 1.82) is 0 Å². The van der Waals surface area contributed by atoms with Crippen LogP contribution in [0.25, 0.3) is 0 Å².